The smallest absolute Gasteiger partial charge is 0.230 e. The molecular formula is C104H106Cl8N20O4S. The number of halogens is 8. The van der Waals surface area contributed by atoms with Gasteiger partial charge in [-0.3, -0.25) is 19.5 Å². The summed E-state index contributed by atoms with van der Waals surface area (Å²) in [5, 5.41) is 26.0. The highest BCUT2D eigenvalue weighted by molar-refractivity contribution is 7.09. The van der Waals surface area contributed by atoms with Crippen LogP contribution in [0.4, 0.5) is 34.9 Å². The number of benzene rings is 6. The summed E-state index contributed by atoms with van der Waals surface area (Å²) in [5.74, 6) is 4.75. The van der Waals surface area contributed by atoms with Crippen LogP contribution >= 0.6 is 104 Å². The standard InChI is InChI=1S/2C27H27Cl2N5O.C26H27Cl2N5O.C24H25Cl2N5OS/c1-16-23(19-7-4-8-20(28)22(19)29)32-26(34-12-9-21(34)35)25(31-16)33-13-10-27(11-14-33)15-17-5-2-3-6-18(17)24(27)30;1-16-23(20-7-4-8-21(28)22(20)29)32-26(34-14-18(35)15-34)25(31-16)33-11-9-27(10-12-33)13-17-5-2-3-6-19(17)24(27)30;1-15-21(17-4-2-6-18(27)20(17)28)32-23(26(34)7-8-26)24(31-15)33-12-9-25(10-13-33)14-19-16(22(25)29)5-3-11-30-19;1-13-18(14-3-2-4-15(25)17(14)26)30-21(24(32)5-6-24)22(29-13)31-9-7-23(8-10-31)11-16-19(20(23)27)33-12-28-16/h2*2-8,24H,9-15,30H2,1H3;2-6,11,22,34H,7-10,12-14,29H2,1H3;2-4,12,20,32H,5-11,27H2,1H3/t2*24-;22-;20-/m1111/s1. The molecular weight excluding hydrogens is 1910 g/mol. The van der Waals surface area contributed by atoms with Crippen molar-refractivity contribution in [1.82, 2.24) is 49.8 Å². The second kappa shape index (κ2) is 36.6. The van der Waals surface area contributed by atoms with E-state index >= 15 is 0 Å². The predicted molar refractivity (Wildman–Crippen MR) is 547 cm³/mol. The molecule has 0 bridgehead atoms. The Labute approximate surface area is 840 Å². The lowest BCUT2D eigenvalue weighted by Gasteiger charge is -2.44. The molecule has 33 heteroatoms. The van der Waals surface area contributed by atoms with Crippen molar-refractivity contribution in [3.05, 3.63) is 264 Å². The summed E-state index contributed by atoms with van der Waals surface area (Å²) < 4.78 is 0. The van der Waals surface area contributed by atoms with Crippen molar-refractivity contribution < 1.29 is 19.8 Å². The Morgan fingerprint density at radius 3 is 1.07 bits per heavy atom. The topological polar surface area (TPSA) is 327 Å². The van der Waals surface area contributed by atoms with Gasteiger partial charge in [-0.15, -0.1) is 11.3 Å². The first kappa shape index (κ1) is 93.9. The summed E-state index contributed by atoms with van der Waals surface area (Å²) in [6, 6.07) is 43.4. The maximum atomic E-state index is 12.5. The quantitative estimate of drug-likeness (QED) is 0.0619. The van der Waals surface area contributed by atoms with Gasteiger partial charge in [-0.1, -0.05) is 196 Å². The third-order valence-corrected chi connectivity index (χ3v) is 35.7. The van der Waals surface area contributed by atoms with E-state index in [1.807, 2.05) is 98.9 Å². The number of aliphatic hydroxyl groups is 2. The minimum Gasteiger partial charge on any atom is -0.383 e. The van der Waals surface area contributed by atoms with Gasteiger partial charge >= 0.3 is 0 Å². The molecule has 6 aromatic heterocycles. The van der Waals surface area contributed by atoms with E-state index in [0.717, 1.165) is 209 Å². The van der Waals surface area contributed by atoms with E-state index in [2.05, 4.69) is 84.2 Å². The number of piperidine rings is 4. The van der Waals surface area contributed by atoms with Crippen molar-refractivity contribution >= 4 is 151 Å². The second-order valence-electron chi connectivity index (χ2n) is 39.5. The number of carbonyl (C=O) groups excluding carboxylic acids is 2. The van der Waals surface area contributed by atoms with Crippen LogP contribution in [0.1, 0.15) is 186 Å². The van der Waals surface area contributed by atoms with Gasteiger partial charge in [-0.05, 0) is 210 Å². The van der Waals surface area contributed by atoms with Crippen LogP contribution in [0.2, 0.25) is 40.2 Å². The minimum absolute atomic E-state index is 0.00519. The molecule has 10 N–H and O–H groups in total. The van der Waals surface area contributed by atoms with Crippen LogP contribution in [0.25, 0.3) is 45.0 Å². The van der Waals surface area contributed by atoms with Gasteiger partial charge in [0, 0.05) is 129 Å². The van der Waals surface area contributed by atoms with Crippen LogP contribution in [0.3, 0.4) is 0 Å². The SMILES string of the molecule is Cc1nc(N2CCC3(CC2)Cc2ccccc2[C@H]3N)c(N2CC(=O)C2)nc1-c1cccc(Cl)c1Cl.Cc1nc(N2CCC3(CC2)Cc2ccccc2[C@H]3N)c(N2CCC2=O)nc1-c1cccc(Cl)c1Cl.Cc1nc(N2CCC3(CC2)Cc2ncccc2[C@H]3N)c(C2(O)CC2)nc1-c1cccc(Cl)c1Cl.Cc1nc(N2CCC3(CC2)Cc2ncsc2[C@H]3N)c(C2(O)CC2)nc1-c1cccc(Cl)c1Cl. The van der Waals surface area contributed by atoms with Gasteiger partial charge in [0.05, 0.1) is 110 Å². The molecule has 4 atom stereocenters. The van der Waals surface area contributed by atoms with Crippen LogP contribution in [0, 0.1) is 49.4 Å². The Morgan fingerprint density at radius 1 is 0.350 bits per heavy atom. The molecule has 4 spiro atoms. The number of aryl methyl sites for hydroxylation is 4. The number of Topliss-reactive ketones (excluding diaryl/α,β-unsaturated/α-hetero) is 1. The van der Waals surface area contributed by atoms with Gasteiger partial charge in [0.2, 0.25) is 5.91 Å². The predicted octanol–water partition coefficient (Wildman–Crippen LogP) is 20.3. The molecule has 24 rings (SSSR count). The van der Waals surface area contributed by atoms with Gasteiger partial charge in [-0.2, -0.15) is 0 Å². The summed E-state index contributed by atoms with van der Waals surface area (Å²) in [4.78, 5) is 87.4. The Bertz CT molecular complexity index is 6800. The summed E-state index contributed by atoms with van der Waals surface area (Å²) >= 11 is 52.8. The van der Waals surface area contributed by atoms with Crippen molar-refractivity contribution in [1.29, 1.82) is 0 Å². The highest BCUT2D eigenvalue weighted by Crippen LogP contribution is 2.59. The van der Waals surface area contributed by atoms with E-state index in [0.29, 0.717) is 132 Å². The molecule has 6 saturated heterocycles. The third-order valence-electron chi connectivity index (χ3n) is 31.5. The molecule has 0 radical (unpaired) electrons. The first-order chi connectivity index (χ1) is 65.9. The number of carbonyl (C=O) groups is 2. The number of nitrogens with zero attached hydrogens (tertiary/aromatic N) is 16. The lowest BCUT2D eigenvalue weighted by molar-refractivity contribution is -0.122. The fourth-order valence-electron chi connectivity index (χ4n) is 22.7. The lowest BCUT2D eigenvalue weighted by atomic mass is 9.73. The number of ketones is 1. The summed E-state index contributed by atoms with van der Waals surface area (Å²) in [6.07, 6.45) is 16.8. The number of aromatic nitrogens is 10. The van der Waals surface area contributed by atoms with Crippen molar-refractivity contribution in [2.75, 3.05) is 101 Å². The Kier molecular flexibility index (Phi) is 25.1. The third kappa shape index (κ3) is 17.0. The van der Waals surface area contributed by atoms with E-state index in [4.69, 9.17) is 156 Å². The monoisotopic (exact) mass is 2010 g/mol. The zero-order valence-electron chi connectivity index (χ0n) is 76.6. The molecule has 6 aliphatic carbocycles. The average Bonchev–Trinajstić information content (AvgIpc) is 1.60. The maximum absolute atomic E-state index is 12.5. The van der Waals surface area contributed by atoms with Crippen molar-refractivity contribution in [3.8, 4) is 45.0 Å². The number of hydrogen-bond acceptors (Lipinski definition) is 24. The zero-order valence-corrected chi connectivity index (χ0v) is 83.4. The molecule has 137 heavy (non-hydrogen) atoms. The van der Waals surface area contributed by atoms with Gasteiger partial charge in [0.1, 0.15) is 22.6 Å². The molecule has 12 aromatic rings. The van der Waals surface area contributed by atoms with E-state index in [1.165, 1.54) is 38.4 Å². The highest BCUT2D eigenvalue weighted by atomic mass is 35.5. The van der Waals surface area contributed by atoms with Crippen molar-refractivity contribution in [2.45, 2.75) is 172 Å². The second-order valence-corrected chi connectivity index (χ2v) is 43.6. The largest absolute Gasteiger partial charge is 0.383 e. The first-order valence-electron chi connectivity index (χ1n) is 47.3. The van der Waals surface area contributed by atoms with E-state index in [9.17, 15) is 19.8 Å². The first-order valence-corrected chi connectivity index (χ1v) is 51.2. The summed E-state index contributed by atoms with van der Waals surface area (Å²) in [6.45, 7) is 15.7. The highest BCUT2D eigenvalue weighted by Gasteiger charge is 2.55. The van der Waals surface area contributed by atoms with Crippen molar-refractivity contribution in [3.63, 3.8) is 0 Å². The molecule has 6 aliphatic heterocycles. The van der Waals surface area contributed by atoms with Crippen LogP contribution in [0.5, 0.6) is 0 Å². The van der Waals surface area contributed by atoms with Gasteiger partial charge in [0.25, 0.3) is 0 Å². The Morgan fingerprint density at radius 2 is 0.693 bits per heavy atom. The van der Waals surface area contributed by atoms with Crippen LogP contribution in [-0.4, -0.2) is 144 Å². The van der Waals surface area contributed by atoms with Gasteiger partial charge in [0.15, 0.2) is 40.7 Å². The van der Waals surface area contributed by atoms with E-state index in [1.54, 1.807) is 40.5 Å². The fraction of sp³-hybridized carbons (Fsp3) is 0.404. The Balaban J connectivity index is 0.000000109. The fourth-order valence-corrected chi connectivity index (χ4v) is 25.2. The van der Waals surface area contributed by atoms with Crippen molar-refractivity contribution in [2.24, 2.45) is 44.6 Å². The zero-order chi connectivity index (χ0) is 95.3. The van der Waals surface area contributed by atoms with Gasteiger partial charge < -0.3 is 57.6 Å². The summed E-state index contributed by atoms with van der Waals surface area (Å²) in [5.41, 5.74) is 46.1. The number of amides is 1. The van der Waals surface area contributed by atoms with Gasteiger partial charge in [-0.25, -0.2) is 44.9 Å². The van der Waals surface area contributed by atoms with E-state index < -0.39 is 11.2 Å². The number of hydrogen-bond donors (Lipinski definition) is 6. The number of β-lactam (4-membered cyclic amide) rings is 1. The molecule has 708 valence electrons. The maximum Gasteiger partial charge on any atom is 0.230 e. The number of pyridine rings is 1. The number of thiazole rings is 1. The van der Waals surface area contributed by atoms with Crippen LogP contribution in [-0.2, 0) is 46.5 Å². The molecule has 8 fully saturated rings. The number of nitrogens with two attached hydrogens (primary N) is 4. The number of fused-ring (bicyclic) bond motifs is 4. The average molecular weight is 2020 g/mol. The van der Waals surface area contributed by atoms with Crippen LogP contribution in [0.15, 0.2) is 145 Å². The molecule has 0 unspecified atom stereocenters. The normalized spacial score (nSPS) is 21.6. The molecule has 1 amide bonds. The number of anilines is 6. The molecule has 12 aliphatic rings. The molecule has 2 saturated carbocycles. The molecule has 6 aromatic carbocycles. The minimum atomic E-state index is -0.936. The van der Waals surface area contributed by atoms with E-state index in [-0.39, 0.29) is 57.5 Å². The number of rotatable bonds is 12. The summed E-state index contributed by atoms with van der Waals surface area (Å²) in [7, 11) is 0. The molecule has 24 nitrogen and oxygen atoms in total. The Hall–Kier alpha value is -9.36. The lowest BCUT2D eigenvalue weighted by Crippen LogP contribution is -2.49. The van der Waals surface area contributed by atoms with Crippen LogP contribution < -0.4 is 52.3 Å². The molecule has 12 heterocycles.